The second kappa shape index (κ2) is 9.61. The lowest BCUT2D eigenvalue weighted by Crippen LogP contribution is -2.20. The summed E-state index contributed by atoms with van der Waals surface area (Å²) >= 11 is 3.54. The Bertz CT molecular complexity index is 1020. The van der Waals surface area contributed by atoms with Gasteiger partial charge in [-0.25, -0.2) is 0 Å². The summed E-state index contributed by atoms with van der Waals surface area (Å²) in [5, 5.41) is 6.32. The highest BCUT2D eigenvalue weighted by Gasteiger charge is 2.08. The van der Waals surface area contributed by atoms with Crippen LogP contribution < -0.4 is 15.4 Å². The van der Waals surface area contributed by atoms with E-state index in [4.69, 9.17) is 4.74 Å². The maximum Gasteiger partial charge on any atom is 0.262 e. The minimum atomic E-state index is -0.192. The van der Waals surface area contributed by atoms with Gasteiger partial charge in [-0.15, -0.1) is 0 Å². The fourth-order valence-electron chi connectivity index (χ4n) is 2.96. The topological polar surface area (TPSA) is 50.4 Å². The van der Waals surface area contributed by atoms with E-state index in [2.05, 4.69) is 58.6 Å². The van der Waals surface area contributed by atoms with Gasteiger partial charge < -0.3 is 15.4 Å². The summed E-state index contributed by atoms with van der Waals surface area (Å²) in [4.78, 5) is 12.1. The van der Waals surface area contributed by atoms with Crippen molar-refractivity contribution >= 4 is 33.2 Å². The van der Waals surface area contributed by atoms with E-state index in [0.29, 0.717) is 12.3 Å². The molecule has 1 amide bonds. The molecule has 3 aromatic carbocycles. The molecule has 29 heavy (non-hydrogen) atoms. The van der Waals surface area contributed by atoms with Crippen LogP contribution in [0.3, 0.4) is 0 Å². The third-order valence-electron chi connectivity index (χ3n) is 4.53. The molecule has 0 saturated heterocycles. The standard InChI is InChI=1S/C24H25BrN2O2/c1-16-5-4-6-20(11-16)27-24(28)15-29-23-10-9-19(13-21(23)25)14-26-22-12-17(2)7-8-18(22)3/h4-13,26H,14-15H2,1-3H3,(H,27,28). The maximum atomic E-state index is 12.1. The van der Waals surface area contributed by atoms with Crippen LogP contribution in [-0.4, -0.2) is 12.5 Å². The Morgan fingerprint density at radius 2 is 1.76 bits per heavy atom. The van der Waals surface area contributed by atoms with E-state index < -0.39 is 0 Å². The minimum Gasteiger partial charge on any atom is -0.483 e. The van der Waals surface area contributed by atoms with Crippen LogP contribution in [0.2, 0.25) is 0 Å². The van der Waals surface area contributed by atoms with Crippen molar-refractivity contribution in [2.24, 2.45) is 0 Å². The SMILES string of the molecule is Cc1cccc(NC(=O)COc2ccc(CNc3cc(C)ccc3C)cc2Br)c1. The van der Waals surface area contributed by atoms with E-state index in [9.17, 15) is 4.79 Å². The number of ether oxygens (including phenoxy) is 1. The number of anilines is 2. The van der Waals surface area contributed by atoms with Crippen molar-refractivity contribution in [2.45, 2.75) is 27.3 Å². The summed E-state index contributed by atoms with van der Waals surface area (Å²) in [5.41, 5.74) is 6.56. The number of benzene rings is 3. The van der Waals surface area contributed by atoms with E-state index in [1.165, 1.54) is 11.1 Å². The van der Waals surface area contributed by atoms with E-state index in [1.54, 1.807) is 0 Å². The first-order valence-electron chi connectivity index (χ1n) is 9.49. The average Bonchev–Trinajstić information content (AvgIpc) is 2.68. The molecule has 0 saturated carbocycles. The third-order valence-corrected chi connectivity index (χ3v) is 5.15. The van der Waals surface area contributed by atoms with E-state index in [0.717, 1.165) is 27.0 Å². The molecular weight excluding hydrogens is 428 g/mol. The number of carbonyl (C=O) groups excluding carboxylic acids is 1. The molecule has 0 aromatic heterocycles. The quantitative estimate of drug-likeness (QED) is 0.461. The summed E-state index contributed by atoms with van der Waals surface area (Å²) in [6.07, 6.45) is 0. The molecule has 5 heteroatoms. The zero-order valence-electron chi connectivity index (χ0n) is 16.9. The van der Waals surface area contributed by atoms with Crippen molar-refractivity contribution in [1.29, 1.82) is 0 Å². The molecular formula is C24H25BrN2O2. The summed E-state index contributed by atoms with van der Waals surface area (Å²) in [6.45, 7) is 6.82. The average molecular weight is 453 g/mol. The molecule has 0 unspecified atom stereocenters. The molecule has 0 aliphatic heterocycles. The van der Waals surface area contributed by atoms with Crippen LogP contribution in [0, 0.1) is 20.8 Å². The number of halogens is 1. The van der Waals surface area contributed by atoms with Gasteiger partial charge in [0.05, 0.1) is 4.47 Å². The lowest BCUT2D eigenvalue weighted by Gasteiger charge is -2.13. The number of nitrogens with one attached hydrogen (secondary N) is 2. The molecule has 0 atom stereocenters. The van der Waals surface area contributed by atoms with E-state index in [1.807, 2.05) is 49.4 Å². The lowest BCUT2D eigenvalue weighted by atomic mass is 10.1. The number of hydrogen-bond donors (Lipinski definition) is 2. The van der Waals surface area contributed by atoms with Crippen LogP contribution in [0.15, 0.2) is 65.1 Å². The van der Waals surface area contributed by atoms with Crippen LogP contribution >= 0.6 is 15.9 Å². The Morgan fingerprint density at radius 1 is 0.966 bits per heavy atom. The fraction of sp³-hybridized carbons (Fsp3) is 0.208. The molecule has 0 radical (unpaired) electrons. The Labute approximate surface area is 180 Å². The maximum absolute atomic E-state index is 12.1. The fourth-order valence-corrected chi connectivity index (χ4v) is 3.50. The highest BCUT2D eigenvalue weighted by molar-refractivity contribution is 9.10. The third kappa shape index (κ3) is 6.09. The molecule has 0 spiro atoms. The van der Waals surface area contributed by atoms with Crippen LogP contribution in [0.25, 0.3) is 0 Å². The zero-order valence-corrected chi connectivity index (χ0v) is 18.5. The number of hydrogen-bond acceptors (Lipinski definition) is 3. The smallest absolute Gasteiger partial charge is 0.262 e. The van der Waals surface area contributed by atoms with Crippen LogP contribution in [0.4, 0.5) is 11.4 Å². The van der Waals surface area contributed by atoms with E-state index in [-0.39, 0.29) is 12.5 Å². The molecule has 0 fully saturated rings. The molecule has 0 heterocycles. The van der Waals surface area contributed by atoms with Crippen molar-refractivity contribution in [3.8, 4) is 5.75 Å². The van der Waals surface area contributed by atoms with Gasteiger partial charge in [-0.05, 0) is 89.3 Å². The summed E-state index contributed by atoms with van der Waals surface area (Å²) in [6, 6.07) is 19.9. The predicted molar refractivity (Wildman–Crippen MR) is 123 cm³/mol. The first-order valence-corrected chi connectivity index (χ1v) is 10.3. The Balaban J connectivity index is 1.55. The van der Waals surface area contributed by atoms with Gasteiger partial charge in [-0.3, -0.25) is 4.79 Å². The zero-order chi connectivity index (χ0) is 20.8. The van der Waals surface area contributed by atoms with Gasteiger partial charge in [0.15, 0.2) is 6.61 Å². The van der Waals surface area contributed by atoms with Crippen molar-refractivity contribution in [3.05, 3.63) is 87.4 Å². The number of amides is 1. The first kappa shape index (κ1) is 20.9. The van der Waals surface area contributed by atoms with Crippen molar-refractivity contribution < 1.29 is 9.53 Å². The first-order chi connectivity index (χ1) is 13.9. The second-order valence-corrected chi connectivity index (χ2v) is 8.00. The Morgan fingerprint density at radius 3 is 2.52 bits per heavy atom. The number of rotatable bonds is 7. The van der Waals surface area contributed by atoms with Gasteiger partial charge in [-0.1, -0.05) is 30.3 Å². The largest absolute Gasteiger partial charge is 0.483 e. The lowest BCUT2D eigenvalue weighted by molar-refractivity contribution is -0.118. The molecule has 0 aliphatic rings. The van der Waals surface area contributed by atoms with Gasteiger partial charge in [0.1, 0.15) is 5.75 Å². The Kier molecular flexibility index (Phi) is 6.94. The molecule has 2 N–H and O–H groups in total. The molecule has 4 nitrogen and oxygen atoms in total. The number of aryl methyl sites for hydroxylation is 3. The molecule has 0 aliphatic carbocycles. The molecule has 0 bridgehead atoms. The Hall–Kier alpha value is -2.79. The van der Waals surface area contributed by atoms with Crippen LogP contribution in [-0.2, 0) is 11.3 Å². The van der Waals surface area contributed by atoms with Gasteiger partial charge >= 0.3 is 0 Å². The predicted octanol–water partition coefficient (Wildman–Crippen LogP) is 6.00. The highest BCUT2D eigenvalue weighted by Crippen LogP contribution is 2.27. The van der Waals surface area contributed by atoms with Crippen molar-refractivity contribution in [1.82, 2.24) is 0 Å². The summed E-state index contributed by atoms with van der Waals surface area (Å²) in [7, 11) is 0. The minimum absolute atomic E-state index is 0.0490. The van der Waals surface area contributed by atoms with Gasteiger partial charge in [-0.2, -0.15) is 0 Å². The van der Waals surface area contributed by atoms with Gasteiger partial charge in [0.25, 0.3) is 5.91 Å². The van der Waals surface area contributed by atoms with Gasteiger partial charge in [0.2, 0.25) is 0 Å². The van der Waals surface area contributed by atoms with Crippen LogP contribution in [0.1, 0.15) is 22.3 Å². The normalized spacial score (nSPS) is 10.5. The van der Waals surface area contributed by atoms with Crippen molar-refractivity contribution in [3.63, 3.8) is 0 Å². The second-order valence-electron chi connectivity index (χ2n) is 7.14. The molecule has 150 valence electrons. The monoisotopic (exact) mass is 452 g/mol. The number of carbonyl (C=O) groups is 1. The summed E-state index contributed by atoms with van der Waals surface area (Å²) < 4.78 is 6.49. The van der Waals surface area contributed by atoms with E-state index >= 15 is 0 Å². The summed E-state index contributed by atoms with van der Waals surface area (Å²) in [5.74, 6) is 0.447. The van der Waals surface area contributed by atoms with Crippen LogP contribution in [0.5, 0.6) is 5.75 Å². The highest BCUT2D eigenvalue weighted by atomic mass is 79.9. The molecule has 3 aromatic rings. The van der Waals surface area contributed by atoms with Crippen molar-refractivity contribution in [2.75, 3.05) is 17.2 Å². The van der Waals surface area contributed by atoms with Gasteiger partial charge in [0, 0.05) is 17.9 Å². The molecule has 3 rings (SSSR count).